The van der Waals surface area contributed by atoms with Gasteiger partial charge in [0.25, 0.3) is 0 Å². The van der Waals surface area contributed by atoms with Crippen molar-refractivity contribution in [2.75, 3.05) is 6.61 Å². The Morgan fingerprint density at radius 3 is 2.24 bits per heavy atom. The molecule has 1 fully saturated rings. The summed E-state index contributed by atoms with van der Waals surface area (Å²) in [5, 5.41) is 27.0. The third kappa shape index (κ3) is 3.76. The van der Waals surface area contributed by atoms with Crippen LogP contribution in [0.25, 0.3) is 0 Å². The summed E-state index contributed by atoms with van der Waals surface area (Å²) in [7, 11) is 0. The molecule has 0 amide bonds. The zero-order valence-corrected chi connectivity index (χ0v) is 8.97. The van der Waals surface area contributed by atoms with Gasteiger partial charge in [0.05, 0.1) is 19.1 Å². The first-order chi connectivity index (χ1) is 8.20. The summed E-state index contributed by atoms with van der Waals surface area (Å²) in [5.74, 6) is 0. The molecule has 17 heavy (non-hydrogen) atoms. The van der Waals surface area contributed by atoms with Crippen LogP contribution in [0, 0.1) is 12.5 Å². The maximum absolute atomic E-state index is 9.18. The van der Waals surface area contributed by atoms with E-state index in [4.69, 9.17) is 16.3 Å². The molecule has 0 unspecified atom stereocenters. The van der Waals surface area contributed by atoms with Gasteiger partial charge in [-0.25, -0.2) is 0 Å². The molecule has 3 N–H and O–H groups in total. The lowest BCUT2D eigenvalue weighted by atomic mass is 10.1. The van der Waals surface area contributed by atoms with E-state index < -0.39 is 24.6 Å². The number of aliphatic hydroxyl groups is 3. The monoisotopic (exact) mass is 242 g/mol. The second-order valence-corrected chi connectivity index (χ2v) is 3.24. The van der Waals surface area contributed by atoms with Crippen LogP contribution in [0.15, 0.2) is 29.1 Å². The maximum Gasteiger partial charge on any atom is 0.239 e. The topological polar surface area (TPSA) is 92.3 Å². The van der Waals surface area contributed by atoms with Crippen molar-refractivity contribution in [3.63, 3.8) is 0 Å². The first-order valence-corrected chi connectivity index (χ1v) is 4.91. The fourth-order valence-corrected chi connectivity index (χ4v) is 1.26. The summed E-state index contributed by atoms with van der Waals surface area (Å²) in [6.45, 7) is -0.386. The van der Waals surface area contributed by atoms with Crippen molar-refractivity contribution in [3.05, 3.63) is 24.7 Å². The highest BCUT2D eigenvalue weighted by atomic mass is 16.7. The van der Waals surface area contributed by atoms with Crippen LogP contribution in [0.5, 0.6) is 0 Å². The molecule has 6 heteroatoms. The van der Waals surface area contributed by atoms with Crippen molar-refractivity contribution in [3.8, 4) is 12.5 Å². The van der Waals surface area contributed by atoms with E-state index in [1.807, 2.05) is 18.2 Å². The van der Waals surface area contributed by atoms with Gasteiger partial charge in [-0.1, -0.05) is 6.42 Å². The largest absolute Gasteiger partial charge is 0.473 e. The molecule has 0 spiro atoms. The van der Waals surface area contributed by atoms with Crippen LogP contribution < -0.4 is 0 Å². The zero-order chi connectivity index (χ0) is 12.7. The summed E-state index contributed by atoms with van der Waals surface area (Å²) in [6.07, 6.45) is 5.62. The molecule has 1 saturated heterocycles. The molecule has 0 aliphatic carbocycles. The Hall–Kier alpha value is -1.52. The normalized spacial score (nSPS) is 31.2. The SMILES string of the molecule is C#CO[C@@H]1O[C@H](CO)[C@@H](O)[C@H]1O.c1ccoc1. The third-order valence-corrected chi connectivity index (χ3v) is 2.11. The number of hydrogen-bond acceptors (Lipinski definition) is 6. The van der Waals surface area contributed by atoms with Crippen LogP contribution >= 0.6 is 0 Å². The predicted octanol–water partition coefficient (Wildman–Crippen LogP) is -0.688. The number of rotatable bonds is 2. The minimum Gasteiger partial charge on any atom is -0.473 e. The Bertz CT molecular complexity index is 313. The fourth-order valence-electron chi connectivity index (χ4n) is 1.26. The van der Waals surface area contributed by atoms with Crippen LogP contribution in [0.1, 0.15) is 0 Å². The van der Waals surface area contributed by atoms with E-state index in [9.17, 15) is 10.2 Å². The van der Waals surface area contributed by atoms with Crippen LogP contribution in [-0.2, 0) is 9.47 Å². The second-order valence-electron chi connectivity index (χ2n) is 3.24. The van der Waals surface area contributed by atoms with E-state index in [2.05, 4.69) is 9.15 Å². The van der Waals surface area contributed by atoms with Gasteiger partial charge in [-0.15, -0.1) is 0 Å². The number of furan rings is 1. The van der Waals surface area contributed by atoms with E-state index in [-0.39, 0.29) is 6.61 Å². The molecule has 1 aliphatic rings. The average molecular weight is 242 g/mol. The minimum absolute atomic E-state index is 0.386. The van der Waals surface area contributed by atoms with Crippen molar-refractivity contribution >= 4 is 0 Å². The molecule has 1 aromatic rings. The Kier molecular flexibility index (Phi) is 5.52. The average Bonchev–Trinajstić information content (AvgIpc) is 2.97. The molecule has 1 aliphatic heterocycles. The molecule has 4 atom stereocenters. The summed E-state index contributed by atoms with van der Waals surface area (Å²) in [5.41, 5.74) is 0. The summed E-state index contributed by atoms with van der Waals surface area (Å²) >= 11 is 0. The Morgan fingerprint density at radius 2 is 1.88 bits per heavy atom. The molecule has 0 bridgehead atoms. The first kappa shape index (κ1) is 13.5. The standard InChI is InChI=1S/C7H10O5.C4H4O/c1-2-11-7-6(10)5(9)4(3-8)12-7;1-2-4-5-3-1/h1,4-10H,3H2;1-4H/t4-,5-,6-,7-;/m1./s1. The highest BCUT2D eigenvalue weighted by molar-refractivity contribution is 4.88. The highest BCUT2D eigenvalue weighted by Crippen LogP contribution is 2.21. The van der Waals surface area contributed by atoms with Crippen molar-refractivity contribution in [2.24, 2.45) is 0 Å². The van der Waals surface area contributed by atoms with Gasteiger partial charge in [0, 0.05) is 0 Å². The van der Waals surface area contributed by atoms with E-state index in [1.54, 1.807) is 12.5 Å². The quantitative estimate of drug-likeness (QED) is 0.595. The summed E-state index contributed by atoms with van der Waals surface area (Å²) < 4.78 is 13.9. The molecule has 6 nitrogen and oxygen atoms in total. The van der Waals surface area contributed by atoms with Crippen LogP contribution in [0.4, 0.5) is 0 Å². The van der Waals surface area contributed by atoms with E-state index in [0.29, 0.717) is 0 Å². The first-order valence-electron chi connectivity index (χ1n) is 4.91. The van der Waals surface area contributed by atoms with Crippen LogP contribution in [-0.4, -0.2) is 46.5 Å². The molecule has 2 rings (SSSR count). The van der Waals surface area contributed by atoms with Crippen molar-refractivity contribution < 1.29 is 29.2 Å². The Balaban J connectivity index is 0.000000239. The molecule has 0 radical (unpaired) electrons. The molecule has 2 heterocycles. The molecule has 0 saturated carbocycles. The molecular formula is C11H14O6. The van der Waals surface area contributed by atoms with Gasteiger partial charge in [0.2, 0.25) is 6.29 Å². The van der Waals surface area contributed by atoms with E-state index in [1.165, 1.54) is 0 Å². The Morgan fingerprint density at radius 1 is 1.24 bits per heavy atom. The molecule has 1 aromatic heterocycles. The molecule has 94 valence electrons. The van der Waals surface area contributed by atoms with Crippen molar-refractivity contribution in [1.82, 2.24) is 0 Å². The maximum atomic E-state index is 9.18. The molecular weight excluding hydrogens is 228 g/mol. The van der Waals surface area contributed by atoms with Crippen LogP contribution in [0.2, 0.25) is 0 Å². The number of ether oxygens (including phenoxy) is 2. The summed E-state index contributed by atoms with van der Waals surface area (Å²) in [6, 6.07) is 3.67. The van der Waals surface area contributed by atoms with Crippen LogP contribution in [0.3, 0.4) is 0 Å². The van der Waals surface area contributed by atoms with Crippen molar-refractivity contribution in [2.45, 2.75) is 24.6 Å². The number of terminal acetylenes is 1. The van der Waals surface area contributed by atoms with Gasteiger partial charge in [-0.3, -0.25) is 0 Å². The summed E-state index contributed by atoms with van der Waals surface area (Å²) in [4.78, 5) is 0. The van der Waals surface area contributed by atoms with Gasteiger partial charge < -0.3 is 29.2 Å². The smallest absolute Gasteiger partial charge is 0.239 e. The second kappa shape index (κ2) is 6.93. The number of hydrogen-bond donors (Lipinski definition) is 3. The fraction of sp³-hybridized carbons (Fsp3) is 0.455. The lowest BCUT2D eigenvalue weighted by Gasteiger charge is -2.10. The highest BCUT2D eigenvalue weighted by Gasteiger charge is 2.43. The predicted molar refractivity (Wildman–Crippen MR) is 56.4 cm³/mol. The third-order valence-electron chi connectivity index (χ3n) is 2.11. The van der Waals surface area contributed by atoms with E-state index in [0.717, 1.165) is 0 Å². The van der Waals surface area contributed by atoms with Gasteiger partial charge in [-0.2, -0.15) is 0 Å². The minimum atomic E-state index is -1.21. The Labute approximate surface area is 98.4 Å². The van der Waals surface area contributed by atoms with Gasteiger partial charge >= 0.3 is 0 Å². The van der Waals surface area contributed by atoms with Gasteiger partial charge in [-0.05, 0) is 12.1 Å². The van der Waals surface area contributed by atoms with E-state index >= 15 is 0 Å². The lowest BCUT2D eigenvalue weighted by molar-refractivity contribution is -0.131. The molecule has 0 aromatic carbocycles. The zero-order valence-electron chi connectivity index (χ0n) is 8.97. The van der Waals surface area contributed by atoms with Gasteiger partial charge in [0.1, 0.15) is 24.4 Å². The van der Waals surface area contributed by atoms with Crippen molar-refractivity contribution in [1.29, 1.82) is 0 Å². The number of aliphatic hydroxyl groups excluding tert-OH is 3. The lowest BCUT2D eigenvalue weighted by Crippen LogP contribution is -2.34. The van der Waals surface area contributed by atoms with Gasteiger partial charge in [0.15, 0.2) is 0 Å².